The largest absolute Gasteiger partial charge is 0.491 e. The van der Waals surface area contributed by atoms with E-state index < -0.39 is 0 Å². The fourth-order valence-electron chi connectivity index (χ4n) is 8.09. The average molecular weight is 560 g/mol. The van der Waals surface area contributed by atoms with E-state index in [1.54, 1.807) is 11.1 Å². The molecule has 10 nitrogen and oxygen atoms in total. The Labute approximate surface area is 241 Å². The Morgan fingerprint density at radius 2 is 1.88 bits per heavy atom. The first-order valence-electron chi connectivity index (χ1n) is 15.4. The van der Waals surface area contributed by atoms with Crippen LogP contribution < -0.4 is 25.2 Å². The molecule has 10 heteroatoms. The van der Waals surface area contributed by atoms with E-state index in [0.717, 1.165) is 67.9 Å². The van der Waals surface area contributed by atoms with E-state index in [0.29, 0.717) is 48.2 Å². The Morgan fingerprint density at radius 1 is 1.12 bits per heavy atom. The minimum Gasteiger partial charge on any atom is -0.491 e. The first-order chi connectivity index (χ1) is 19.9. The number of anilines is 4. The van der Waals surface area contributed by atoms with Gasteiger partial charge in [-0.2, -0.15) is 4.98 Å². The molecule has 4 heterocycles. The van der Waals surface area contributed by atoms with Gasteiger partial charge in [0.1, 0.15) is 17.5 Å². The van der Waals surface area contributed by atoms with Crippen molar-refractivity contribution in [2.45, 2.75) is 76.4 Å². The number of aromatic nitrogens is 2. The van der Waals surface area contributed by atoms with Crippen molar-refractivity contribution in [2.24, 2.45) is 11.8 Å². The first-order valence-corrected chi connectivity index (χ1v) is 15.4. The van der Waals surface area contributed by atoms with E-state index in [4.69, 9.17) is 9.72 Å². The fraction of sp³-hybridized carbons (Fsp3) is 0.613. The van der Waals surface area contributed by atoms with Crippen molar-refractivity contribution in [1.29, 1.82) is 0 Å². The van der Waals surface area contributed by atoms with E-state index in [-0.39, 0.29) is 23.9 Å². The second-order valence-corrected chi connectivity index (χ2v) is 12.6. The number of fused-ring (bicyclic) bond motifs is 3. The number of likely N-dealkylation sites (N-methyl/N-ethyl adjacent to an activating group) is 1. The number of hydrogen-bond donors (Lipinski definition) is 2. The van der Waals surface area contributed by atoms with Crippen molar-refractivity contribution >= 4 is 35.0 Å². The van der Waals surface area contributed by atoms with Crippen LogP contribution in [0, 0.1) is 11.8 Å². The molecule has 1 aromatic heterocycles. The van der Waals surface area contributed by atoms with Crippen LogP contribution in [0.5, 0.6) is 5.75 Å². The molecule has 7 rings (SSSR count). The molecule has 218 valence electrons. The Hall–Kier alpha value is -3.40. The molecule has 0 bridgehead atoms. The lowest BCUT2D eigenvalue weighted by Crippen LogP contribution is -2.55. The molecular weight excluding hydrogens is 518 g/mol. The molecule has 4 atom stereocenters. The van der Waals surface area contributed by atoms with E-state index in [1.165, 1.54) is 12.8 Å². The second kappa shape index (κ2) is 10.5. The highest BCUT2D eigenvalue weighted by Gasteiger charge is 2.42. The number of carbonyl (C=O) groups excluding carboxylic acids is 2. The Balaban J connectivity index is 1.13. The second-order valence-electron chi connectivity index (χ2n) is 12.6. The van der Waals surface area contributed by atoms with Crippen LogP contribution >= 0.6 is 0 Å². The third-order valence-corrected chi connectivity index (χ3v) is 10.0. The van der Waals surface area contributed by atoms with Gasteiger partial charge in [-0.3, -0.25) is 9.59 Å². The normalized spacial score (nSPS) is 27.5. The highest BCUT2D eigenvalue weighted by atomic mass is 16.5. The molecule has 1 aromatic carbocycles. The summed E-state index contributed by atoms with van der Waals surface area (Å²) in [5.41, 5.74) is 3.13. The zero-order valence-corrected chi connectivity index (χ0v) is 24.4. The van der Waals surface area contributed by atoms with Gasteiger partial charge in [0, 0.05) is 49.8 Å². The molecule has 3 aliphatic heterocycles. The predicted molar refractivity (Wildman–Crippen MR) is 158 cm³/mol. The number of ether oxygens (including phenoxy) is 1. The van der Waals surface area contributed by atoms with Crippen molar-refractivity contribution in [3.63, 3.8) is 0 Å². The molecule has 5 aliphatic rings. The maximum absolute atomic E-state index is 13.4. The van der Waals surface area contributed by atoms with Gasteiger partial charge in [0.2, 0.25) is 11.9 Å². The molecule has 2 N–H and O–H groups in total. The van der Waals surface area contributed by atoms with Gasteiger partial charge in [0.25, 0.3) is 5.91 Å². The zero-order chi connectivity index (χ0) is 28.2. The summed E-state index contributed by atoms with van der Waals surface area (Å²) in [5, 5.41) is 6.71. The number of hydrogen-bond acceptors (Lipinski definition) is 8. The van der Waals surface area contributed by atoms with Gasteiger partial charge >= 0.3 is 0 Å². The third kappa shape index (κ3) is 4.60. The highest BCUT2D eigenvalue weighted by molar-refractivity contribution is 6.04. The monoisotopic (exact) mass is 559 g/mol. The van der Waals surface area contributed by atoms with Crippen LogP contribution in [0.2, 0.25) is 0 Å². The summed E-state index contributed by atoms with van der Waals surface area (Å²) in [4.78, 5) is 42.5. The average Bonchev–Trinajstić information content (AvgIpc) is 3.76. The summed E-state index contributed by atoms with van der Waals surface area (Å²) in [6.45, 7) is 4.88. The number of likely N-dealkylation sites (tertiary alicyclic amines) is 1. The molecule has 1 saturated heterocycles. The lowest BCUT2D eigenvalue weighted by molar-refractivity contribution is -0.120. The van der Waals surface area contributed by atoms with Gasteiger partial charge in [0.15, 0.2) is 5.82 Å². The summed E-state index contributed by atoms with van der Waals surface area (Å²) >= 11 is 0. The van der Waals surface area contributed by atoms with Crippen LogP contribution in [-0.4, -0.2) is 78.6 Å². The van der Waals surface area contributed by atoms with E-state index in [2.05, 4.69) is 39.4 Å². The Bertz CT molecular complexity index is 1350. The van der Waals surface area contributed by atoms with Gasteiger partial charge < -0.3 is 30.1 Å². The van der Waals surface area contributed by atoms with E-state index in [9.17, 15) is 9.59 Å². The molecule has 2 aromatic rings. The zero-order valence-electron chi connectivity index (χ0n) is 24.4. The molecule has 2 saturated carbocycles. The molecule has 1 unspecified atom stereocenters. The van der Waals surface area contributed by atoms with Gasteiger partial charge in [-0.05, 0) is 63.1 Å². The maximum atomic E-state index is 13.4. The van der Waals surface area contributed by atoms with Crippen molar-refractivity contribution in [3.05, 3.63) is 29.5 Å². The standard InChI is InChI=1S/C31H41N7O3/c1-4-25-30(40)37(3)26-15-32-31(35-28(26)38(25)21-7-5-6-8-21)34-24-10-9-23(22-11-12-41-27(22)24)29(39)33-20-13-18-16-36(2)17-19(18)14-20/h9-10,15,18-21,25H,4-8,11-14,16-17H2,1-3H3,(H,33,39)(H,32,34,35)/t18-,19+,20?,25-/m1/s1. The molecule has 3 fully saturated rings. The van der Waals surface area contributed by atoms with Crippen molar-refractivity contribution in [2.75, 3.05) is 48.9 Å². The van der Waals surface area contributed by atoms with Crippen LogP contribution in [0.25, 0.3) is 0 Å². The van der Waals surface area contributed by atoms with E-state index >= 15 is 0 Å². The molecule has 2 aliphatic carbocycles. The quantitative estimate of drug-likeness (QED) is 0.552. The van der Waals surface area contributed by atoms with Crippen LogP contribution in [-0.2, 0) is 11.2 Å². The first kappa shape index (κ1) is 26.5. The lowest BCUT2D eigenvalue weighted by atomic mass is 10.0. The summed E-state index contributed by atoms with van der Waals surface area (Å²) in [7, 11) is 4.00. The number of amides is 2. The fourth-order valence-corrected chi connectivity index (χ4v) is 8.09. The van der Waals surface area contributed by atoms with Crippen molar-refractivity contribution < 1.29 is 14.3 Å². The SMILES string of the molecule is CC[C@@H]1C(=O)N(C)c2cnc(Nc3ccc(C(=O)NC4C[C@@H]5CN(C)C[C@@H]5C4)c4c3OCC4)nc2N1C1CCCC1. The van der Waals surface area contributed by atoms with Crippen molar-refractivity contribution in [1.82, 2.24) is 20.2 Å². The van der Waals surface area contributed by atoms with Crippen molar-refractivity contribution in [3.8, 4) is 5.75 Å². The van der Waals surface area contributed by atoms with Gasteiger partial charge in [0.05, 0.1) is 18.5 Å². The molecule has 0 radical (unpaired) electrons. The molecule has 41 heavy (non-hydrogen) atoms. The molecule has 0 spiro atoms. The van der Waals surface area contributed by atoms with Crippen LogP contribution in [0.15, 0.2) is 18.3 Å². The summed E-state index contributed by atoms with van der Waals surface area (Å²) < 4.78 is 6.05. The minimum atomic E-state index is -0.218. The molecular formula is C31H41N7O3. The van der Waals surface area contributed by atoms with Crippen LogP contribution in [0.1, 0.15) is 67.8 Å². The van der Waals surface area contributed by atoms with Gasteiger partial charge in [-0.1, -0.05) is 19.8 Å². The predicted octanol–water partition coefficient (Wildman–Crippen LogP) is 3.73. The third-order valence-electron chi connectivity index (χ3n) is 10.0. The molecule has 2 amide bonds. The number of carbonyl (C=O) groups is 2. The topological polar surface area (TPSA) is 103 Å². The summed E-state index contributed by atoms with van der Waals surface area (Å²) in [6.07, 6.45) is 9.79. The Kier molecular flexibility index (Phi) is 6.76. The van der Waals surface area contributed by atoms with Crippen LogP contribution in [0.3, 0.4) is 0 Å². The number of benzene rings is 1. The summed E-state index contributed by atoms with van der Waals surface area (Å²) in [5.74, 6) is 3.45. The minimum absolute atomic E-state index is 0.00724. The maximum Gasteiger partial charge on any atom is 0.251 e. The number of nitrogens with one attached hydrogen (secondary N) is 2. The smallest absolute Gasteiger partial charge is 0.251 e. The van der Waals surface area contributed by atoms with Crippen LogP contribution in [0.4, 0.5) is 23.1 Å². The number of nitrogens with zero attached hydrogens (tertiary/aromatic N) is 5. The Morgan fingerprint density at radius 3 is 2.61 bits per heavy atom. The van der Waals surface area contributed by atoms with E-state index in [1.807, 2.05) is 19.2 Å². The summed E-state index contributed by atoms with van der Waals surface area (Å²) in [6, 6.07) is 4.14. The van der Waals surface area contributed by atoms with Gasteiger partial charge in [-0.25, -0.2) is 4.98 Å². The number of rotatable bonds is 6. The van der Waals surface area contributed by atoms with Gasteiger partial charge in [-0.15, -0.1) is 0 Å². The lowest BCUT2D eigenvalue weighted by Gasteiger charge is -2.43. The highest BCUT2D eigenvalue weighted by Crippen LogP contribution is 2.42.